The van der Waals surface area contributed by atoms with E-state index in [1.165, 1.54) is 24.3 Å². The third-order valence-corrected chi connectivity index (χ3v) is 3.10. The summed E-state index contributed by atoms with van der Waals surface area (Å²) in [7, 11) is 0. The van der Waals surface area contributed by atoms with Crippen LogP contribution in [-0.4, -0.2) is 11.9 Å². The van der Waals surface area contributed by atoms with Crippen LogP contribution in [0.3, 0.4) is 0 Å². The minimum atomic E-state index is -0.617. The molecular formula is C16H16F2N2O. The molecule has 21 heavy (non-hydrogen) atoms. The van der Waals surface area contributed by atoms with Crippen LogP contribution in [0.1, 0.15) is 22.8 Å². The third kappa shape index (κ3) is 4.02. The number of carbonyl (C=O) groups is 1. The minimum absolute atomic E-state index is 0.00547. The van der Waals surface area contributed by atoms with E-state index >= 15 is 0 Å². The van der Waals surface area contributed by atoms with E-state index in [0.717, 1.165) is 11.6 Å². The first-order chi connectivity index (χ1) is 9.95. The number of nitrogens with two attached hydrogens (primary N) is 1. The van der Waals surface area contributed by atoms with Crippen LogP contribution in [0.4, 0.5) is 14.5 Å². The summed E-state index contributed by atoms with van der Waals surface area (Å²) in [5.74, 6) is -1.29. The van der Waals surface area contributed by atoms with Gasteiger partial charge in [0, 0.05) is 11.6 Å². The molecule has 0 spiro atoms. The lowest BCUT2D eigenvalue weighted by Gasteiger charge is -2.14. The van der Waals surface area contributed by atoms with E-state index in [1.807, 2.05) is 6.92 Å². The van der Waals surface area contributed by atoms with Crippen LogP contribution in [0.2, 0.25) is 0 Å². The monoisotopic (exact) mass is 290 g/mol. The highest BCUT2D eigenvalue weighted by atomic mass is 19.1. The van der Waals surface area contributed by atoms with Crippen LogP contribution in [0, 0.1) is 11.6 Å². The molecule has 0 aromatic heterocycles. The highest BCUT2D eigenvalue weighted by molar-refractivity contribution is 5.94. The molecule has 2 aromatic rings. The fourth-order valence-corrected chi connectivity index (χ4v) is 2.00. The van der Waals surface area contributed by atoms with Crippen LogP contribution in [0.5, 0.6) is 0 Å². The van der Waals surface area contributed by atoms with E-state index in [0.29, 0.717) is 6.42 Å². The first kappa shape index (κ1) is 15.0. The summed E-state index contributed by atoms with van der Waals surface area (Å²) in [5.41, 5.74) is 6.50. The van der Waals surface area contributed by atoms with Gasteiger partial charge in [0.05, 0.1) is 5.69 Å². The van der Waals surface area contributed by atoms with E-state index in [1.54, 1.807) is 12.1 Å². The second kappa shape index (κ2) is 6.35. The SMILES string of the molecule is CC(Cc1ccc(F)cc1)NC(=O)c1ccc(N)c(F)c1. The van der Waals surface area contributed by atoms with Gasteiger partial charge < -0.3 is 11.1 Å². The average molecular weight is 290 g/mol. The van der Waals surface area contributed by atoms with Gasteiger partial charge in [-0.05, 0) is 49.2 Å². The summed E-state index contributed by atoms with van der Waals surface area (Å²) in [6, 6.07) is 9.85. The quantitative estimate of drug-likeness (QED) is 0.851. The molecule has 1 amide bonds. The maximum absolute atomic E-state index is 13.3. The van der Waals surface area contributed by atoms with Gasteiger partial charge in [-0.2, -0.15) is 0 Å². The maximum Gasteiger partial charge on any atom is 0.251 e. The van der Waals surface area contributed by atoms with E-state index in [9.17, 15) is 13.6 Å². The van der Waals surface area contributed by atoms with Gasteiger partial charge in [0.2, 0.25) is 0 Å². The Morgan fingerprint density at radius 1 is 1.19 bits per heavy atom. The van der Waals surface area contributed by atoms with E-state index in [2.05, 4.69) is 5.32 Å². The molecule has 0 bridgehead atoms. The van der Waals surface area contributed by atoms with Gasteiger partial charge in [0.15, 0.2) is 0 Å². The van der Waals surface area contributed by atoms with Gasteiger partial charge >= 0.3 is 0 Å². The Kier molecular flexibility index (Phi) is 4.52. The Balaban J connectivity index is 1.98. The molecule has 0 saturated heterocycles. The van der Waals surface area contributed by atoms with E-state index in [-0.39, 0.29) is 29.0 Å². The molecule has 0 heterocycles. The number of benzene rings is 2. The molecule has 3 N–H and O–H groups in total. The predicted molar refractivity (Wildman–Crippen MR) is 77.8 cm³/mol. The van der Waals surface area contributed by atoms with Crippen molar-refractivity contribution in [3.05, 3.63) is 65.2 Å². The highest BCUT2D eigenvalue weighted by Crippen LogP contribution is 2.12. The Morgan fingerprint density at radius 3 is 2.48 bits per heavy atom. The Bertz CT molecular complexity index is 641. The fourth-order valence-electron chi connectivity index (χ4n) is 2.00. The average Bonchev–Trinajstić information content (AvgIpc) is 2.44. The molecule has 0 fully saturated rings. The van der Waals surface area contributed by atoms with Crippen molar-refractivity contribution in [3.63, 3.8) is 0 Å². The van der Waals surface area contributed by atoms with Crippen LogP contribution < -0.4 is 11.1 Å². The molecule has 3 nitrogen and oxygen atoms in total. The van der Waals surface area contributed by atoms with Crippen molar-refractivity contribution in [3.8, 4) is 0 Å². The minimum Gasteiger partial charge on any atom is -0.396 e. The van der Waals surface area contributed by atoms with Gasteiger partial charge in [-0.1, -0.05) is 12.1 Å². The zero-order valence-electron chi connectivity index (χ0n) is 11.6. The smallest absolute Gasteiger partial charge is 0.251 e. The number of carbonyl (C=O) groups excluding carboxylic acids is 1. The van der Waals surface area contributed by atoms with Crippen molar-refractivity contribution in [2.75, 3.05) is 5.73 Å². The molecule has 5 heteroatoms. The van der Waals surface area contributed by atoms with Gasteiger partial charge in [0.25, 0.3) is 5.91 Å². The van der Waals surface area contributed by atoms with Gasteiger partial charge in [-0.3, -0.25) is 4.79 Å². The van der Waals surface area contributed by atoms with Crippen LogP contribution in [-0.2, 0) is 6.42 Å². The number of amides is 1. The van der Waals surface area contributed by atoms with Crippen molar-refractivity contribution in [2.45, 2.75) is 19.4 Å². The molecular weight excluding hydrogens is 274 g/mol. The first-order valence-electron chi connectivity index (χ1n) is 6.56. The highest BCUT2D eigenvalue weighted by Gasteiger charge is 2.12. The van der Waals surface area contributed by atoms with Gasteiger partial charge in [0.1, 0.15) is 11.6 Å². The van der Waals surface area contributed by atoms with E-state index < -0.39 is 5.82 Å². The normalized spacial score (nSPS) is 12.0. The summed E-state index contributed by atoms with van der Waals surface area (Å²) in [6.45, 7) is 1.83. The molecule has 0 saturated carbocycles. The molecule has 0 radical (unpaired) electrons. The van der Waals surface area contributed by atoms with Crippen molar-refractivity contribution < 1.29 is 13.6 Å². The zero-order valence-corrected chi connectivity index (χ0v) is 11.6. The lowest BCUT2D eigenvalue weighted by molar-refractivity contribution is 0.0939. The molecule has 110 valence electrons. The number of halogens is 2. The summed E-state index contributed by atoms with van der Waals surface area (Å²) in [5, 5.41) is 2.77. The Morgan fingerprint density at radius 2 is 1.86 bits per heavy atom. The standard InChI is InChI=1S/C16H16F2N2O/c1-10(8-11-2-5-13(17)6-3-11)20-16(21)12-4-7-15(19)14(18)9-12/h2-7,9-10H,8,19H2,1H3,(H,20,21). The van der Waals surface area contributed by atoms with Gasteiger partial charge in [-0.15, -0.1) is 0 Å². The van der Waals surface area contributed by atoms with Crippen molar-refractivity contribution in [1.82, 2.24) is 5.32 Å². The zero-order chi connectivity index (χ0) is 15.4. The van der Waals surface area contributed by atoms with Crippen LogP contribution >= 0.6 is 0 Å². The summed E-state index contributed by atoms with van der Waals surface area (Å²) < 4.78 is 26.1. The number of rotatable bonds is 4. The number of nitrogen functional groups attached to an aromatic ring is 1. The van der Waals surface area contributed by atoms with E-state index in [4.69, 9.17) is 5.73 Å². The molecule has 0 aliphatic rings. The molecule has 0 aliphatic carbocycles. The number of hydrogen-bond acceptors (Lipinski definition) is 2. The summed E-state index contributed by atoms with van der Waals surface area (Å²) >= 11 is 0. The summed E-state index contributed by atoms with van der Waals surface area (Å²) in [6.07, 6.45) is 0.559. The lowest BCUT2D eigenvalue weighted by Crippen LogP contribution is -2.34. The Labute approximate surface area is 121 Å². The number of anilines is 1. The van der Waals surface area contributed by atoms with Gasteiger partial charge in [-0.25, -0.2) is 8.78 Å². The first-order valence-corrected chi connectivity index (χ1v) is 6.56. The molecule has 2 rings (SSSR count). The molecule has 0 aliphatic heterocycles. The largest absolute Gasteiger partial charge is 0.396 e. The van der Waals surface area contributed by atoms with Crippen molar-refractivity contribution >= 4 is 11.6 Å². The van der Waals surface area contributed by atoms with Crippen molar-refractivity contribution in [2.24, 2.45) is 0 Å². The molecule has 2 aromatic carbocycles. The molecule has 1 unspecified atom stereocenters. The lowest BCUT2D eigenvalue weighted by atomic mass is 10.1. The summed E-state index contributed by atoms with van der Waals surface area (Å²) in [4.78, 5) is 12.0. The Hall–Kier alpha value is -2.43. The molecule has 1 atom stereocenters. The number of nitrogens with one attached hydrogen (secondary N) is 1. The number of hydrogen-bond donors (Lipinski definition) is 2. The second-order valence-corrected chi connectivity index (χ2v) is 4.94. The van der Waals surface area contributed by atoms with Crippen LogP contribution in [0.25, 0.3) is 0 Å². The predicted octanol–water partition coefficient (Wildman–Crippen LogP) is 2.91. The second-order valence-electron chi connectivity index (χ2n) is 4.94. The fraction of sp³-hybridized carbons (Fsp3) is 0.188. The third-order valence-electron chi connectivity index (χ3n) is 3.10. The topological polar surface area (TPSA) is 55.1 Å². The van der Waals surface area contributed by atoms with Crippen LogP contribution in [0.15, 0.2) is 42.5 Å². The maximum atomic E-state index is 13.3. The van der Waals surface area contributed by atoms with Crippen molar-refractivity contribution in [1.29, 1.82) is 0 Å².